The summed E-state index contributed by atoms with van der Waals surface area (Å²) < 4.78 is 53.2. The minimum Gasteiger partial charge on any atom is -0.280 e. The Morgan fingerprint density at radius 1 is 1.07 bits per heavy atom. The summed E-state index contributed by atoms with van der Waals surface area (Å²) in [5.74, 6) is 0. The van der Waals surface area contributed by atoms with E-state index in [-0.39, 0.29) is 21.5 Å². The van der Waals surface area contributed by atoms with Gasteiger partial charge in [0.25, 0.3) is 10.0 Å². The molecule has 3 rings (SSSR count). The first-order valence-corrected chi connectivity index (χ1v) is 12.2. The Hall–Kier alpha value is -1.91. The van der Waals surface area contributed by atoms with E-state index in [4.69, 9.17) is 5.14 Å². The van der Waals surface area contributed by atoms with E-state index in [1.807, 2.05) is 20.8 Å². The molecule has 8 nitrogen and oxygen atoms in total. The fraction of sp³-hybridized carbons (Fsp3) is 0.500. The third-order valence-electron chi connectivity index (χ3n) is 4.83. The van der Waals surface area contributed by atoms with Crippen LogP contribution in [0.3, 0.4) is 0 Å². The van der Waals surface area contributed by atoms with Gasteiger partial charge in [0.2, 0.25) is 10.0 Å². The van der Waals surface area contributed by atoms with Crippen LogP contribution < -0.4 is 9.86 Å². The van der Waals surface area contributed by atoms with E-state index < -0.39 is 25.5 Å². The molecule has 0 aliphatic heterocycles. The van der Waals surface area contributed by atoms with Crippen molar-refractivity contribution >= 4 is 25.7 Å². The van der Waals surface area contributed by atoms with Gasteiger partial charge in [-0.15, -0.1) is 0 Å². The molecule has 0 unspecified atom stereocenters. The molecule has 0 amide bonds. The van der Waals surface area contributed by atoms with Crippen molar-refractivity contribution in [1.82, 2.24) is 9.78 Å². The largest absolute Gasteiger partial charge is 0.280 e. The van der Waals surface area contributed by atoms with Crippen LogP contribution in [0.25, 0.3) is 0 Å². The second-order valence-corrected chi connectivity index (χ2v) is 11.4. The Balaban J connectivity index is 1.96. The van der Waals surface area contributed by atoms with E-state index in [1.165, 1.54) is 24.3 Å². The summed E-state index contributed by atoms with van der Waals surface area (Å²) in [7, 11) is -7.74. The molecule has 1 aliphatic rings. The second-order valence-electron chi connectivity index (χ2n) is 8.19. The fourth-order valence-corrected chi connectivity index (χ4v) is 5.29. The maximum absolute atomic E-state index is 13.1. The molecule has 1 aromatic carbocycles. The molecular formula is C18H26N4O4S2. The average Bonchev–Trinajstić information content (AvgIpc) is 3.23. The number of hydrogen-bond acceptors (Lipinski definition) is 5. The van der Waals surface area contributed by atoms with Crippen LogP contribution in [0.15, 0.2) is 40.3 Å². The van der Waals surface area contributed by atoms with Crippen LogP contribution in [0.4, 0.5) is 5.69 Å². The Morgan fingerprint density at radius 3 is 2.14 bits per heavy atom. The number of nitrogens with two attached hydrogens (primary N) is 1. The van der Waals surface area contributed by atoms with Crippen molar-refractivity contribution in [2.75, 3.05) is 4.72 Å². The number of anilines is 1. The Bertz CT molecular complexity index is 1060. The van der Waals surface area contributed by atoms with Crippen LogP contribution in [0, 0.1) is 0 Å². The Kier molecular flexibility index (Phi) is 5.32. The molecule has 154 valence electrons. The lowest BCUT2D eigenvalue weighted by molar-refractivity contribution is 0.448. The molecule has 28 heavy (non-hydrogen) atoms. The zero-order chi connectivity index (χ0) is 20.7. The van der Waals surface area contributed by atoms with Gasteiger partial charge in [0.1, 0.15) is 4.90 Å². The van der Waals surface area contributed by atoms with Gasteiger partial charge < -0.3 is 0 Å². The second kappa shape index (κ2) is 7.16. The third kappa shape index (κ3) is 4.39. The van der Waals surface area contributed by atoms with E-state index in [9.17, 15) is 16.8 Å². The minimum absolute atomic E-state index is 0.0834. The first kappa shape index (κ1) is 20.8. The Morgan fingerprint density at radius 2 is 1.64 bits per heavy atom. The molecule has 2 aromatic rings. The van der Waals surface area contributed by atoms with Gasteiger partial charge in [-0.2, -0.15) is 5.10 Å². The van der Waals surface area contributed by atoms with Gasteiger partial charge in [-0.3, -0.25) is 9.40 Å². The average molecular weight is 427 g/mol. The summed E-state index contributed by atoms with van der Waals surface area (Å²) in [4.78, 5) is 0.0577. The molecule has 0 radical (unpaired) electrons. The van der Waals surface area contributed by atoms with Crippen LogP contribution in [0.5, 0.6) is 0 Å². The molecule has 0 bridgehead atoms. The Labute approximate surface area is 166 Å². The van der Waals surface area contributed by atoms with E-state index in [0.29, 0.717) is 5.69 Å². The SMILES string of the molecule is CC(C)(C)c1nn(C2CCCC2)cc1S(=O)(=O)Nc1ccc(S(N)(=O)=O)cc1. The van der Waals surface area contributed by atoms with Crippen LogP contribution in [0.2, 0.25) is 0 Å². The van der Waals surface area contributed by atoms with Gasteiger partial charge in [0.05, 0.1) is 16.6 Å². The van der Waals surface area contributed by atoms with Gasteiger partial charge in [0, 0.05) is 17.3 Å². The maximum Gasteiger partial charge on any atom is 0.265 e. The fourth-order valence-electron chi connectivity index (χ4n) is 3.37. The predicted octanol–water partition coefficient (Wildman–Crippen LogP) is 2.74. The van der Waals surface area contributed by atoms with Crippen LogP contribution >= 0.6 is 0 Å². The highest BCUT2D eigenvalue weighted by Gasteiger charge is 2.32. The standard InChI is InChI=1S/C18H26N4O4S2/c1-18(2,3)17-16(12-22(20-17)14-6-4-5-7-14)28(25,26)21-13-8-10-15(11-9-13)27(19,23)24/h8-12,14,21H,4-7H2,1-3H3,(H2,19,23,24). The van der Waals surface area contributed by atoms with Gasteiger partial charge >= 0.3 is 0 Å². The van der Waals surface area contributed by atoms with Gasteiger partial charge in [0.15, 0.2) is 0 Å². The highest BCUT2D eigenvalue weighted by atomic mass is 32.2. The number of aromatic nitrogens is 2. The zero-order valence-corrected chi connectivity index (χ0v) is 17.8. The van der Waals surface area contributed by atoms with E-state index in [0.717, 1.165) is 25.7 Å². The molecule has 3 N–H and O–H groups in total. The molecule has 0 spiro atoms. The van der Waals surface area contributed by atoms with E-state index >= 15 is 0 Å². The molecule has 1 aliphatic carbocycles. The number of nitrogens with zero attached hydrogens (tertiary/aromatic N) is 2. The summed E-state index contributed by atoms with van der Waals surface area (Å²) in [6.07, 6.45) is 5.83. The molecule has 1 saturated carbocycles. The summed E-state index contributed by atoms with van der Waals surface area (Å²) in [6, 6.07) is 5.49. The third-order valence-corrected chi connectivity index (χ3v) is 7.14. The smallest absolute Gasteiger partial charge is 0.265 e. The van der Waals surface area contributed by atoms with Gasteiger partial charge in [-0.05, 0) is 37.1 Å². The van der Waals surface area contributed by atoms with Crippen molar-refractivity contribution in [3.63, 3.8) is 0 Å². The van der Waals surface area contributed by atoms with Gasteiger partial charge in [-0.1, -0.05) is 33.6 Å². The minimum atomic E-state index is -3.90. The summed E-state index contributed by atoms with van der Waals surface area (Å²) in [5, 5.41) is 9.70. The molecule has 1 fully saturated rings. The molecule has 0 atom stereocenters. The highest BCUT2D eigenvalue weighted by Crippen LogP contribution is 2.34. The quantitative estimate of drug-likeness (QED) is 0.761. The molecule has 1 aromatic heterocycles. The van der Waals surface area contributed by atoms with Gasteiger partial charge in [-0.25, -0.2) is 22.0 Å². The predicted molar refractivity (Wildman–Crippen MR) is 107 cm³/mol. The lowest BCUT2D eigenvalue weighted by Crippen LogP contribution is -2.20. The van der Waals surface area contributed by atoms with Crippen LogP contribution in [-0.2, 0) is 25.5 Å². The van der Waals surface area contributed by atoms with Crippen LogP contribution in [0.1, 0.15) is 58.2 Å². The normalized spacial score (nSPS) is 16.4. The van der Waals surface area contributed by atoms with Crippen molar-refractivity contribution in [1.29, 1.82) is 0 Å². The van der Waals surface area contributed by atoms with Crippen LogP contribution in [-0.4, -0.2) is 26.6 Å². The number of nitrogens with one attached hydrogen (secondary N) is 1. The maximum atomic E-state index is 13.1. The highest BCUT2D eigenvalue weighted by molar-refractivity contribution is 7.92. The molecule has 10 heteroatoms. The lowest BCUT2D eigenvalue weighted by atomic mass is 9.92. The summed E-state index contributed by atoms with van der Waals surface area (Å²) in [5.41, 5.74) is 0.305. The molecule has 1 heterocycles. The van der Waals surface area contributed by atoms with Crippen molar-refractivity contribution in [3.8, 4) is 0 Å². The van der Waals surface area contributed by atoms with Crippen molar-refractivity contribution < 1.29 is 16.8 Å². The summed E-state index contributed by atoms with van der Waals surface area (Å²) >= 11 is 0. The monoisotopic (exact) mass is 426 g/mol. The number of benzene rings is 1. The van der Waals surface area contributed by atoms with Crippen molar-refractivity contribution in [2.24, 2.45) is 5.14 Å². The summed E-state index contributed by atoms with van der Waals surface area (Å²) in [6.45, 7) is 5.77. The topological polar surface area (TPSA) is 124 Å². The first-order valence-electron chi connectivity index (χ1n) is 9.13. The number of rotatable bonds is 5. The van der Waals surface area contributed by atoms with Crippen molar-refractivity contribution in [3.05, 3.63) is 36.2 Å². The van der Waals surface area contributed by atoms with E-state index in [1.54, 1.807) is 10.9 Å². The lowest BCUT2D eigenvalue weighted by Gasteiger charge is -2.18. The molecular weight excluding hydrogens is 400 g/mol. The number of primary sulfonamides is 1. The van der Waals surface area contributed by atoms with Crippen molar-refractivity contribution in [2.45, 2.75) is 67.7 Å². The number of hydrogen-bond donors (Lipinski definition) is 2. The zero-order valence-electron chi connectivity index (χ0n) is 16.2. The number of sulfonamides is 2. The first-order chi connectivity index (χ1) is 12.9. The molecule has 0 saturated heterocycles. The van der Waals surface area contributed by atoms with E-state index in [2.05, 4.69) is 9.82 Å².